The lowest BCUT2D eigenvalue weighted by atomic mass is 10.1. The van der Waals surface area contributed by atoms with Crippen molar-refractivity contribution in [3.05, 3.63) is 29.5 Å². The molecule has 8 nitrogen and oxygen atoms in total. The van der Waals surface area contributed by atoms with Crippen LogP contribution in [-0.4, -0.2) is 38.7 Å². The van der Waals surface area contributed by atoms with Gasteiger partial charge in [-0.2, -0.15) is 0 Å². The molecule has 0 unspecified atom stereocenters. The number of rotatable bonds is 4. The van der Waals surface area contributed by atoms with Gasteiger partial charge in [-0.05, 0) is 24.6 Å². The monoisotopic (exact) mass is 320 g/mol. The molecule has 0 aromatic heterocycles. The molecule has 2 N–H and O–H groups in total. The molecule has 0 saturated heterocycles. The van der Waals surface area contributed by atoms with Crippen LogP contribution in [0.3, 0.4) is 0 Å². The Morgan fingerprint density at radius 2 is 2.04 bits per heavy atom. The van der Waals surface area contributed by atoms with Crippen molar-refractivity contribution in [2.45, 2.75) is 6.92 Å². The summed E-state index contributed by atoms with van der Waals surface area (Å²) >= 11 is 0. The van der Waals surface area contributed by atoms with E-state index in [0.717, 1.165) is 11.6 Å². The van der Waals surface area contributed by atoms with Crippen LogP contribution in [0.4, 0.5) is 11.4 Å². The maximum atomic E-state index is 11.7. The fraction of sp³-hybridized carbons (Fsp3) is 0.267. The summed E-state index contributed by atoms with van der Waals surface area (Å²) in [7, 11) is 2.39. The summed E-state index contributed by atoms with van der Waals surface area (Å²) < 4.78 is 14.5. The number of ether oxygens (including phenoxy) is 3. The molecule has 0 saturated carbocycles. The maximum Gasteiger partial charge on any atom is 0.354 e. The first-order valence-electron chi connectivity index (χ1n) is 6.67. The number of hydrogen-bond donors (Lipinski definition) is 2. The van der Waals surface area contributed by atoms with Crippen molar-refractivity contribution < 1.29 is 28.6 Å². The van der Waals surface area contributed by atoms with Crippen molar-refractivity contribution in [3.63, 3.8) is 0 Å². The van der Waals surface area contributed by atoms with Crippen molar-refractivity contribution >= 4 is 29.2 Å². The van der Waals surface area contributed by atoms with Crippen LogP contribution >= 0.6 is 0 Å². The molecule has 0 atom stereocenters. The molecular formula is C15H16N2O6. The Balaban J connectivity index is 2.34. The van der Waals surface area contributed by atoms with Gasteiger partial charge in [0.25, 0.3) is 5.91 Å². The summed E-state index contributed by atoms with van der Waals surface area (Å²) in [5.41, 5.74) is 1.62. The summed E-state index contributed by atoms with van der Waals surface area (Å²) in [5.74, 6) is -1.14. The van der Waals surface area contributed by atoms with Gasteiger partial charge in [-0.1, -0.05) is 0 Å². The van der Waals surface area contributed by atoms with Crippen LogP contribution in [0.2, 0.25) is 0 Å². The number of methoxy groups -OCH3 is 2. The zero-order chi connectivity index (χ0) is 17.0. The lowest BCUT2D eigenvalue weighted by Crippen LogP contribution is -2.26. The maximum absolute atomic E-state index is 11.7. The lowest BCUT2D eigenvalue weighted by Gasteiger charge is -2.21. The third kappa shape index (κ3) is 3.79. The van der Waals surface area contributed by atoms with Crippen molar-refractivity contribution in [3.8, 4) is 5.75 Å². The van der Waals surface area contributed by atoms with E-state index in [0.29, 0.717) is 17.1 Å². The minimum atomic E-state index is -0.731. The van der Waals surface area contributed by atoms with Crippen molar-refractivity contribution in [1.29, 1.82) is 0 Å². The third-order valence-electron chi connectivity index (χ3n) is 3.04. The number of fused-ring (bicyclic) bond motifs is 1. The average molecular weight is 320 g/mol. The highest BCUT2D eigenvalue weighted by Gasteiger charge is 2.20. The fourth-order valence-corrected chi connectivity index (χ4v) is 2.04. The first-order chi connectivity index (χ1) is 10.9. The standard InChI is InChI=1S/C15H16N2O6/c1-8-4-9(5-10-14(8)23-7-12(18)17-10)16-11(15(20)22-3)6-13(19)21-2/h4-6,16H,7H2,1-3H3,(H,17,18)/b11-6+. The molecule has 0 bridgehead atoms. The molecule has 0 fully saturated rings. The predicted molar refractivity (Wildman–Crippen MR) is 81.0 cm³/mol. The van der Waals surface area contributed by atoms with Crippen LogP contribution < -0.4 is 15.4 Å². The van der Waals surface area contributed by atoms with Gasteiger partial charge in [0.05, 0.1) is 26.0 Å². The van der Waals surface area contributed by atoms with Crippen molar-refractivity contribution in [2.75, 3.05) is 31.5 Å². The first-order valence-corrected chi connectivity index (χ1v) is 6.67. The molecule has 1 aliphatic rings. The number of aryl methyl sites for hydroxylation is 1. The fourth-order valence-electron chi connectivity index (χ4n) is 2.04. The second kappa shape index (κ2) is 6.82. The molecule has 1 heterocycles. The van der Waals surface area contributed by atoms with Crippen molar-refractivity contribution in [2.24, 2.45) is 0 Å². The minimum Gasteiger partial charge on any atom is -0.481 e. The Labute approximate surface area is 132 Å². The molecule has 1 aromatic rings. The lowest BCUT2D eigenvalue weighted by molar-refractivity contribution is -0.138. The van der Waals surface area contributed by atoms with Gasteiger partial charge in [0.1, 0.15) is 11.4 Å². The second-order valence-electron chi connectivity index (χ2n) is 4.70. The van der Waals surface area contributed by atoms with Gasteiger partial charge in [-0.15, -0.1) is 0 Å². The summed E-state index contributed by atoms with van der Waals surface area (Å²) in [5, 5.41) is 5.46. The number of amides is 1. The zero-order valence-corrected chi connectivity index (χ0v) is 12.9. The predicted octanol–water partition coefficient (Wildman–Crippen LogP) is 0.968. The van der Waals surface area contributed by atoms with E-state index in [1.54, 1.807) is 19.1 Å². The second-order valence-corrected chi connectivity index (χ2v) is 4.70. The van der Waals surface area contributed by atoms with E-state index >= 15 is 0 Å². The molecule has 1 amide bonds. The molecular weight excluding hydrogens is 304 g/mol. The highest BCUT2D eigenvalue weighted by atomic mass is 16.5. The molecule has 8 heteroatoms. The van der Waals surface area contributed by atoms with Gasteiger partial charge in [0.15, 0.2) is 6.61 Å². The molecule has 0 radical (unpaired) electrons. The Morgan fingerprint density at radius 3 is 2.70 bits per heavy atom. The molecule has 23 heavy (non-hydrogen) atoms. The third-order valence-corrected chi connectivity index (χ3v) is 3.04. The zero-order valence-electron chi connectivity index (χ0n) is 12.9. The Morgan fingerprint density at radius 1 is 1.30 bits per heavy atom. The summed E-state index contributed by atoms with van der Waals surface area (Å²) in [6.45, 7) is 1.75. The van der Waals surface area contributed by atoms with Crippen molar-refractivity contribution in [1.82, 2.24) is 0 Å². The van der Waals surface area contributed by atoms with Gasteiger partial charge >= 0.3 is 11.9 Å². The normalized spacial score (nSPS) is 13.3. The number of anilines is 2. The molecule has 122 valence electrons. The smallest absolute Gasteiger partial charge is 0.354 e. The highest BCUT2D eigenvalue weighted by molar-refractivity contribution is 6.00. The van der Waals surface area contributed by atoms with Crippen LogP contribution in [0.15, 0.2) is 23.9 Å². The summed E-state index contributed by atoms with van der Waals surface area (Å²) in [6, 6.07) is 3.30. The summed E-state index contributed by atoms with van der Waals surface area (Å²) in [6.07, 6.45) is 0.982. The van der Waals surface area contributed by atoms with Crippen LogP contribution in [0.1, 0.15) is 5.56 Å². The van der Waals surface area contributed by atoms with Gasteiger partial charge < -0.3 is 24.8 Å². The van der Waals surface area contributed by atoms with E-state index in [1.807, 2.05) is 0 Å². The first kappa shape index (κ1) is 16.3. The van der Waals surface area contributed by atoms with Gasteiger partial charge in [0.2, 0.25) is 0 Å². The van der Waals surface area contributed by atoms with E-state index in [9.17, 15) is 14.4 Å². The number of hydrogen-bond acceptors (Lipinski definition) is 7. The number of benzene rings is 1. The molecule has 0 spiro atoms. The average Bonchev–Trinajstić information content (AvgIpc) is 2.52. The van der Waals surface area contributed by atoms with E-state index < -0.39 is 11.9 Å². The Kier molecular flexibility index (Phi) is 4.85. The minimum absolute atomic E-state index is 0.0454. The quantitative estimate of drug-likeness (QED) is 0.629. The Hall–Kier alpha value is -3.03. The number of carbonyl (C=O) groups excluding carboxylic acids is 3. The van der Waals surface area contributed by atoms with Crippen LogP contribution in [0.5, 0.6) is 5.75 Å². The molecule has 1 aromatic carbocycles. The van der Waals surface area contributed by atoms with E-state index in [4.69, 9.17) is 4.74 Å². The SMILES string of the molecule is COC(=O)/C=C(/Nc1cc(C)c2c(c1)NC(=O)CO2)C(=O)OC. The number of nitrogens with one attached hydrogen (secondary N) is 2. The van der Waals surface area contributed by atoms with Gasteiger partial charge in [-0.3, -0.25) is 4.79 Å². The van der Waals surface area contributed by atoms with E-state index in [-0.39, 0.29) is 18.2 Å². The molecule has 2 rings (SSSR count). The highest BCUT2D eigenvalue weighted by Crippen LogP contribution is 2.34. The summed E-state index contributed by atoms with van der Waals surface area (Å²) in [4.78, 5) is 34.5. The number of carbonyl (C=O) groups is 3. The molecule has 1 aliphatic heterocycles. The van der Waals surface area contributed by atoms with E-state index in [2.05, 4.69) is 20.1 Å². The van der Waals surface area contributed by atoms with Crippen LogP contribution in [-0.2, 0) is 23.9 Å². The van der Waals surface area contributed by atoms with Gasteiger partial charge in [0, 0.05) is 5.69 Å². The number of esters is 2. The van der Waals surface area contributed by atoms with Gasteiger partial charge in [-0.25, -0.2) is 9.59 Å². The van der Waals surface area contributed by atoms with Crippen LogP contribution in [0, 0.1) is 6.92 Å². The topological polar surface area (TPSA) is 103 Å². The largest absolute Gasteiger partial charge is 0.481 e. The molecule has 0 aliphatic carbocycles. The Bertz CT molecular complexity index is 695. The van der Waals surface area contributed by atoms with Crippen LogP contribution in [0.25, 0.3) is 0 Å². The van der Waals surface area contributed by atoms with E-state index in [1.165, 1.54) is 14.2 Å².